The van der Waals surface area contributed by atoms with Gasteiger partial charge >= 0.3 is 0 Å². The van der Waals surface area contributed by atoms with E-state index in [0.717, 1.165) is 37.4 Å². The van der Waals surface area contributed by atoms with E-state index in [-0.39, 0.29) is 36.6 Å². The molecule has 1 aromatic rings. The van der Waals surface area contributed by atoms with Crippen molar-refractivity contribution in [1.82, 2.24) is 9.80 Å². The van der Waals surface area contributed by atoms with Crippen molar-refractivity contribution in [2.45, 2.75) is 31.6 Å². The van der Waals surface area contributed by atoms with E-state index in [4.69, 9.17) is 5.73 Å². The molecular formula is C19H31Cl2N3O. The number of piperidine rings is 1. The van der Waals surface area contributed by atoms with Crippen LogP contribution in [0.1, 0.15) is 37.2 Å². The lowest BCUT2D eigenvalue weighted by Gasteiger charge is -2.35. The molecule has 1 unspecified atom stereocenters. The lowest BCUT2D eigenvalue weighted by Crippen LogP contribution is -2.44. The van der Waals surface area contributed by atoms with Crippen LogP contribution in [0.5, 0.6) is 0 Å². The second-order valence-corrected chi connectivity index (χ2v) is 6.98. The Bertz CT molecular complexity index is 501. The van der Waals surface area contributed by atoms with Gasteiger partial charge < -0.3 is 15.5 Å². The molecule has 2 fully saturated rings. The highest BCUT2D eigenvalue weighted by atomic mass is 35.5. The van der Waals surface area contributed by atoms with Gasteiger partial charge in [-0.2, -0.15) is 0 Å². The summed E-state index contributed by atoms with van der Waals surface area (Å²) in [5, 5.41) is 0. The van der Waals surface area contributed by atoms with E-state index < -0.39 is 0 Å². The third-order valence-electron chi connectivity index (χ3n) is 5.38. The van der Waals surface area contributed by atoms with Gasteiger partial charge in [0.25, 0.3) is 0 Å². The number of carbonyl (C=O) groups excluding carboxylic acids is 1. The molecule has 0 radical (unpaired) electrons. The first kappa shape index (κ1) is 22.2. The maximum atomic E-state index is 12.8. The number of benzene rings is 1. The Balaban J connectivity index is 0.00000156. The topological polar surface area (TPSA) is 49.6 Å². The smallest absolute Gasteiger partial charge is 0.231 e. The molecule has 2 aliphatic heterocycles. The summed E-state index contributed by atoms with van der Waals surface area (Å²) in [5.74, 6) is 0.773. The van der Waals surface area contributed by atoms with Crippen molar-refractivity contribution in [2.75, 3.05) is 39.3 Å². The number of hydrogen-bond acceptors (Lipinski definition) is 3. The van der Waals surface area contributed by atoms with E-state index >= 15 is 0 Å². The van der Waals surface area contributed by atoms with Crippen LogP contribution in [0.4, 0.5) is 0 Å². The number of carbonyl (C=O) groups is 1. The summed E-state index contributed by atoms with van der Waals surface area (Å²) in [5.41, 5.74) is 6.94. The molecule has 3 rings (SSSR count). The Labute approximate surface area is 163 Å². The molecule has 4 nitrogen and oxygen atoms in total. The predicted octanol–water partition coefficient (Wildman–Crippen LogP) is 2.91. The summed E-state index contributed by atoms with van der Waals surface area (Å²) in [6.07, 6.45) is 4.97. The number of amides is 1. The highest BCUT2D eigenvalue weighted by Gasteiger charge is 2.29. The molecule has 2 N–H and O–H groups in total. The van der Waals surface area contributed by atoms with Crippen LogP contribution < -0.4 is 5.73 Å². The average Bonchev–Trinajstić information content (AvgIpc) is 3.10. The molecule has 25 heavy (non-hydrogen) atoms. The molecule has 2 heterocycles. The average molecular weight is 388 g/mol. The Morgan fingerprint density at radius 1 is 1.04 bits per heavy atom. The summed E-state index contributed by atoms with van der Waals surface area (Å²) in [6, 6.07) is 9.96. The largest absolute Gasteiger partial charge is 0.342 e. The summed E-state index contributed by atoms with van der Waals surface area (Å²) >= 11 is 0. The van der Waals surface area contributed by atoms with Gasteiger partial charge in [0.2, 0.25) is 5.91 Å². The highest BCUT2D eigenvalue weighted by molar-refractivity contribution is 5.85. The van der Waals surface area contributed by atoms with Crippen molar-refractivity contribution >= 4 is 30.7 Å². The van der Waals surface area contributed by atoms with Crippen molar-refractivity contribution in [1.29, 1.82) is 0 Å². The van der Waals surface area contributed by atoms with Gasteiger partial charge in [0.15, 0.2) is 0 Å². The maximum Gasteiger partial charge on any atom is 0.231 e. The Hall–Kier alpha value is -0.810. The summed E-state index contributed by atoms with van der Waals surface area (Å²) in [7, 11) is 0. The summed E-state index contributed by atoms with van der Waals surface area (Å²) in [4.78, 5) is 17.4. The number of hydrogen-bond donors (Lipinski definition) is 1. The molecule has 0 bridgehead atoms. The van der Waals surface area contributed by atoms with E-state index in [1.807, 2.05) is 35.2 Å². The van der Waals surface area contributed by atoms with Crippen LogP contribution in [-0.2, 0) is 4.79 Å². The maximum absolute atomic E-state index is 12.8. The van der Waals surface area contributed by atoms with Crippen LogP contribution >= 0.6 is 24.8 Å². The Kier molecular flexibility index (Phi) is 9.80. The Morgan fingerprint density at radius 3 is 2.20 bits per heavy atom. The van der Waals surface area contributed by atoms with Crippen LogP contribution in [0.3, 0.4) is 0 Å². The zero-order valence-electron chi connectivity index (χ0n) is 14.8. The molecule has 0 aliphatic carbocycles. The standard InChI is InChI=1S/C19H29N3O.2ClH/c20-14-18(17-6-2-1-3-7-17)19(23)22-12-8-16(9-13-22)15-21-10-4-5-11-21;;/h1-3,6-7,16,18H,4-5,8-15,20H2;2*1H. The minimum absolute atomic E-state index is 0. The molecule has 1 amide bonds. The summed E-state index contributed by atoms with van der Waals surface area (Å²) < 4.78 is 0. The van der Waals surface area contributed by atoms with Crippen LogP contribution in [0.15, 0.2) is 30.3 Å². The molecule has 1 atom stereocenters. The molecule has 142 valence electrons. The van der Waals surface area contributed by atoms with Crippen LogP contribution in [-0.4, -0.2) is 55.0 Å². The van der Waals surface area contributed by atoms with Crippen molar-refractivity contribution in [2.24, 2.45) is 11.7 Å². The molecule has 0 saturated carbocycles. The van der Waals surface area contributed by atoms with Crippen LogP contribution in [0.2, 0.25) is 0 Å². The fourth-order valence-electron chi connectivity index (χ4n) is 3.95. The van der Waals surface area contributed by atoms with Crippen molar-refractivity contribution < 1.29 is 4.79 Å². The minimum Gasteiger partial charge on any atom is -0.342 e. The number of likely N-dealkylation sites (tertiary alicyclic amines) is 2. The second-order valence-electron chi connectivity index (χ2n) is 6.98. The zero-order chi connectivity index (χ0) is 16.1. The first-order valence-corrected chi connectivity index (χ1v) is 9.04. The Morgan fingerprint density at radius 2 is 1.64 bits per heavy atom. The van der Waals surface area contributed by atoms with Gasteiger partial charge in [-0.05, 0) is 50.3 Å². The van der Waals surface area contributed by atoms with E-state index in [2.05, 4.69) is 4.90 Å². The lowest BCUT2D eigenvalue weighted by atomic mass is 9.93. The van der Waals surface area contributed by atoms with Gasteiger partial charge in [-0.3, -0.25) is 4.79 Å². The highest BCUT2D eigenvalue weighted by Crippen LogP contribution is 2.24. The monoisotopic (exact) mass is 387 g/mol. The van der Waals surface area contributed by atoms with Gasteiger partial charge in [0, 0.05) is 26.2 Å². The van der Waals surface area contributed by atoms with Gasteiger partial charge in [0.05, 0.1) is 5.92 Å². The van der Waals surface area contributed by atoms with Crippen LogP contribution in [0.25, 0.3) is 0 Å². The number of rotatable bonds is 5. The van der Waals surface area contributed by atoms with E-state index in [1.165, 1.54) is 32.5 Å². The molecule has 2 aliphatic rings. The van der Waals surface area contributed by atoms with Gasteiger partial charge in [0.1, 0.15) is 0 Å². The predicted molar refractivity (Wildman–Crippen MR) is 108 cm³/mol. The quantitative estimate of drug-likeness (QED) is 0.844. The number of halogens is 2. The van der Waals surface area contributed by atoms with Gasteiger partial charge in [-0.25, -0.2) is 0 Å². The lowest BCUT2D eigenvalue weighted by molar-refractivity contribution is -0.134. The first-order chi connectivity index (χ1) is 11.3. The molecule has 6 heteroatoms. The fraction of sp³-hybridized carbons (Fsp3) is 0.632. The van der Waals surface area contributed by atoms with Crippen molar-refractivity contribution in [3.63, 3.8) is 0 Å². The zero-order valence-corrected chi connectivity index (χ0v) is 16.4. The van der Waals surface area contributed by atoms with E-state index in [1.54, 1.807) is 0 Å². The van der Waals surface area contributed by atoms with Gasteiger partial charge in [-0.15, -0.1) is 24.8 Å². The normalized spacial score (nSPS) is 19.8. The molecule has 0 spiro atoms. The number of nitrogens with two attached hydrogens (primary N) is 1. The fourth-order valence-corrected chi connectivity index (χ4v) is 3.95. The van der Waals surface area contributed by atoms with Crippen molar-refractivity contribution in [3.05, 3.63) is 35.9 Å². The molecule has 0 aromatic heterocycles. The third-order valence-corrected chi connectivity index (χ3v) is 5.38. The summed E-state index contributed by atoms with van der Waals surface area (Å²) in [6.45, 7) is 5.92. The van der Waals surface area contributed by atoms with E-state index in [0.29, 0.717) is 6.54 Å². The molecular weight excluding hydrogens is 357 g/mol. The minimum atomic E-state index is -0.189. The number of nitrogens with zero attached hydrogens (tertiary/aromatic N) is 2. The molecule has 1 aromatic carbocycles. The molecule has 2 saturated heterocycles. The third kappa shape index (κ3) is 5.85. The van der Waals surface area contributed by atoms with Crippen molar-refractivity contribution in [3.8, 4) is 0 Å². The SMILES string of the molecule is Cl.Cl.NCC(C(=O)N1CCC(CN2CCCC2)CC1)c1ccccc1. The first-order valence-electron chi connectivity index (χ1n) is 9.04. The van der Waals surface area contributed by atoms with E-state index in [9.17, 15) is 4.79 Å². The van der Waals surface area contributed by atoms with Gasteiger partial charge in [-0.1, -0.05) is 30.3 Å². The second kappa shape index (κ2) is 11.0. The van der Waals surface area contributed by atoms with Crippen LogP contribution in [0, 0.1) is 5.92 Å².